The number of fused-ring (bicyclic) bond motifs is 1. The molecule has 0 bridgehead atoms. The molecule has 18 heavy (non-hydrogen) atoms. The van der Waals surface area contributed by atoms with E-state index in [2.05, 4.69) is 24.0 Å². The summed E-state index contributed by atoms with van der Waals surface area (Å²) in [6, 6.07) is 8.61. The van der Waals surface area contributed by atoms with Gasteiger partial charge in [-0.05, 0) is 45.7 Å². The number of nitrogens with zero attached hydrogens (tertiary/aromatic N) is 1. The first-order chi connectivity index (χ1) is 8.37. The van der Waals surface area contributed by atoms with Gasteiger partial charge in [-0.3, -0.25) is 4.79 Å². The number of hydrogen-bond donors (Lipinski definition) is 0. The van der Waals surface area contributed by atoms with E-state index in [1.54, 1.807) is 0 Å². The van der Waals surface area contributed by atoms with Crippen molar-refractivity contribution < 1.29 is 9.53 Å². The zero-order chi connectivity index (χ0) is 13.3. The second-order valence-corrected chi connectivity index (χ2v) is 5.90. The third-order valence-electron chi connectivity index (χ3n) is 3.07. The maximum absolute atomic E-state index is 11.9. The van der Waals surface area contributed by atoms with Crippen molar-refractivity contribution in [2.45, 2.75) is 45.8 Å². The fraction of sp³-hybridized carbons (Fsp3) is 0.533. The van der Waals surface area contributed by atoms with Crippen LogP contribution in [0.25, 0.3) is 0 Å². The van der Waals surface area contributed by atoms with Gasteiger partial charge in [0.2, 0.25) is 0 Å². The van der Waals surface area contributed by atoms with Gasteiger partial charge in [0.15, 0.2) is 0 Å². The van der Waals surface area contributed by atoms with Crippen LogP contribution < -0.4 is 4.90 Å². The molecule has 0 saturated heterocycles. The molecule has 0 fully saturated rings. The van der Waals surface area contributed by atoms with E-state index in [-0.39, 0.29) is 5.97 Å². The molecular formula is C15H21NO2. The molecule has 0 N–H and O–H groups in total. The first-order valence-electron chi connectivity index (χ1n) is 6.43. The zero-order valence-electron chi connectivity index (χ0n) is 11.6. The lowest BCUT2D eigenvalue weighted by Crippen LogP contribution is -2.38. The summed E-state index contributed by atoms with van der Waals surface area (Å²) >= 11 is 0. The zero-order valence-corrected chi connectivity index (χ0v) is 11.6. The fourth-order valence-corrected chi connectivity index (χ4v) is 2.38. The minimum atomic E-state index is -0.417. The van der Waals surface area contributed by atoms with Crippen molar-refractivity contribution in [1.82, 2.24) is 0 Å². The van der Waals surface area contributed by atoms with Crippen molar-refractivity contribution in [3.8, 4) is 0 Å². The van der Waals surface area contributed by atoms with Crippen LogP contribution in [0.1, 0.15) is 33.3 Å². The Kier molecular flexibility index (Phi) is 3.33. The predicted molar refractivity (Wildman–Crippen MR) is 72.8 cm³/mol. The largest absolute Gasteiger partial charge is 0.459 e. The SMILES string of the molecule is CC1Cc2ccccc2N1CC(=O)OC(C)(C)C. The summed E-state index contributed by atoms with van der Waals surface area (Å²) in [5.41, 5.74) is 2.06. The Hall–Kier alpha value is -1.51. The molecule has 0 saturated carbocycles. The first kappa shape index (κ1) is 12.9. The third kappa shape index (κ3) is 2.84. The highest BCUT2D eigenvalue weighted by Gasteiger charge is 2.28. The quantitative estimate of drug-likeness (QED) is 0.753. The first-order valence-corrected chi connectivity index (χ1v) is 6.43. The lowest BCUT2D eigenvalue weighted by molar-refractivity contribution is -0.153. The Morgan fingerprint density at radius 1 is 1.39 bits per heavy atom. The standard InChI is InChI=1S/C15H21NO2/c1-11-9-12-7-5-6-8-13(12)16(11)10-14(17)18-15(2,3)4/h5-8,11H,9-10H2,1-4H3. The van der Waals surface area contributed by atoms with E-state index in [1.165, 1.54) is 5.56 Å². The van der Waals surface area contributed by atoms with Crippen molar-refractivity contribution in [1.29, 1.82) is 0 Å². The van der Waals surface area contributed by atoms with Gasteiger partial charge < -0.3 is 9.64 Å². The molecule has 3 nitrogen and oxygen atoms in total. The van der Waals surface area contributed by atoms with E-state index in [9.17, 15) is 4.79 Å². The Morgan fingerprint density at radius 3 is 2.72 bits per heavy atom. The highest BCUT2D eigenvalue weighted by molar-refractivity contribution is 5.78. The maximum atomic E-state index is 11.9. The number of ether oxygens (including phenoxy) is 1. The Balaban J connectivity index is 2.08. The van der Waals surface area contributed by atoms with Crippen LogP contribution in [0.5, 0.6) is 0 Å². The van der Waals surface area contributed by atoms with Gasteiger partial charge in [-0.15, -0.1) is 0 Å². The Labute approximate surface area is 109 Å². The van der Waals surface area contributed by atoms with Gasteiger partial charge in [-0.25, -0.2) is 0 Å². The van der Waals surface area contributed by atoms with Crippen LogP contribution in [0.2, 0.25) is 0 Å². The lowest BCUT2D eigenvalue weighted by atomic mass is 10.1. The molecule has 1 aromatic rings. The lowest BCUT2D eigenvalue weighted by Gasteiger charge is -2.26. The Bertz CT molecular complexity index is 448. The van der Waals surface area contributed by atoms with E-state index in [4.69, 9.17) is 4.74 Å². The molecule has 98 valence electrons. The predicted octanol–water partition coefficient (Wildman–Crippen LogP) is 2.78. The molecule has 0 amide bonds. The minimum absolute atomic E-state index is 0.161. The van der Waals surface area contributed by atoms with Crippen molar-refractivity contribution in [2.75, 3.05) is 11.4 Å². The molecule has 0 aliphatic carbocycles. The van der Waals surface area contributed by atoms with Crippen molar-refractivity contribution in [2.24, 2.45) is 0 Å². The maximum Gasteiger partial charge on any atom is 0.326 e. The van der Waals surface area contributed by atoms with Crippen molar-refractivity contribution >= 4 is 11.7 Å². The summed E-state index contributed by atoms with van der Waals surface area (Å²) in [5, 5.41) is 0. The van der Waals surface area contributed by atoms with Crippen molar-refractivity contribution in [3.05, 3.63) is 29.8 Å². The monoisotopic (exact) mass is 247 g/mol. The molecule has 1 unspecified atom stereocenters. The summed E-state index contributed by atoms with van der Waals surface area (Å²) < 4.78 is 5.38. The molecule has 2 rings (SSSR count). The molecule has 1 heterocycles. The summed E-state index contributed by atoms with van der Waals surface area (Å²) in [6.45, 7) is 8.16. The number of anilines is 1. The van der Waals surface area contributed by atoms with Gasteiger partial charge >= 0.3 is 5.97 Å². The van der Waals surface area contributed by atoms with Crippen LogP contribution in [-0.4, -0.2) is 24.2 Å². The van der Waals surface area contributed by atoms with Gasteiger partial charge in [-0.1, -0.05) is 18.2 Å². The molecule has 1 aliphatic rings. The number of para-hydroxylation sites is 1. The molecule has 1 aromatic carbocycles. The van der Waals surface area contributed by atoms with Crippen LogP contribution in [0.15, 0.2) is 24.3 Å². The normalized spacial score (nSPS) is 18.7. The van der Waals surface area contributed by atoms with Gasteiger partial charge in [-0.2, -0.15) is 0 Å². The van der Waals surface area contributed by atoms with Crippen molar-refractivity contribution in [3.63, 3.8) is 0 Å². The molecule has 0 radical (unpaired) electrons. The number of carbonyl (C=O) groups is 1. The van der Waals surface area contributed by atoms with Gasteiger partial charge in [0.05, 0.1) is 0 Å². The summed E-state index contributed by atoms with van der Waals surface area (Å²) in [4.78, 5) is 14.0. The van der Waals surface area contributed by atoms with Gasteiger partial charge in [0, 0.05) is 11.7 Å². The number of rotatable bonds is 2. The second kappa shape index (κ2) is 4.63. The summed E-state index contributed by atoms with van der Waals surface area (Å²) in [6.07, 6.45) is 0.999. The third-order valence-corrected chi connectivity index (χ3v) is 3.07. The van der Waals surface area contributed by atoms with E-state index in [0.717, 1.165) is 12.1 Å². The molecule has 0 spiro atoms. The van der Waals surface area contributed by atoms with E-state index < -0.39 is 5.60 Å². The van der Waals surface area contributed by atoms with E-state index >= 15 is 0 Å². The van der Waals surface area contributed by atoms with Gasteiger partial charge in [0.25, 0.3) is 0 Å². The molecule has 1 aliphatic heterocycles. The van der Waals surface area contributed by atoms with Crippen LogP contribution >= 0.6 is 0 Å². The van der Waals surface area contributed by atoms with Gasteiger partial charge in [0.1, 0.15) is 12.1 Å². The molecule has 3 heteroatoms. The number of benzene rings is 1. The van der Waals surface area contributed by atoms with E-state index in [0.29, 0.717) is 12.6 Å². The molecule has 0 aromatic heterocycles. The van der Waals surface area contributed by atoms with Crippen LogP contribution in [0.4, 0.5) is 5.69 Å². The molecule has 1 atom stereocenters. The topological polar surface area (TPSA) is 29.5 Å². The number of hydrogen-bond acceptors (Lipinski definition) is 3. The van der Waals surface area contributed by atoms with Crippen LogP contribution in [-0.2, 0) is 16.0 Å². The van der Waals surface area contributed by atoms with E-state index in [1.807, 2.05) is 32.9 Å². The minimum Gasteiger partial charge on any atom is -0.459 e. The van der Waals surface area contributed by atoms with Crippen LogP contribution in [0.3, 0.4) is 0 Å². The smallest absolute Gasteiger partial charge is 0.326 e. The number of esters is 1. The summed E-state index contributed by atoms with van der Waals surface area (Å²) in [7, 11) is 0. The fourth-order valence-electron chi connectivity index (χ4n) is 2.38. The average Bonchev–Trinajstić information content (AvgIpc) is 2.53. The number of carbonyl (C=O) groups excluding carboxylic acids is 1. The summed E-state index contributed by atoms with van der Waals surface area (Å²) in [5.74, 6) is -0.161. The highest BCUT2D eigenvalue weighted by atomic mass is 16.6. The molecular weight excluding hydrogens is 226 g/mol. The average molecular weight is 247 g/mol. The highest BCUT2D eigenvalue weighted by Crippen LogP contribution is 2.31. The van der Waals surface area contributed by atoms with Crippen LogP contribution in [0, 0.1) is 0 Å². The Morgan fingerprint density at radius 2 is 2.06 bits per heavy atom. The second-order valence-electron chi connectivity index (χ2n) is 5.90.